The number of phenolic OH excluding ortho intramolecular Hbond substituents is 2. The van der Waals surface area contributed by atoms with Gasteiger partial charge in [-0.1, -0.05) is 11.6 Å². The van der Waals surface area contributed by atoms with Gasteiger partial charge in [-0.2, -0.15) is 0 Å². The maximum atomic E-state index is 9.71. The lowest BCUT2D eigenvalue weighted by Crippen LogP contribution is -1.85. The zero-order valence-electron chi connectivity index (χ0n) is 10.7. The van der Waals surface area contributed by atoms with Gasteiger partial charge in [0.05, 0.1) is 5.69 Å². The van der Waals surface area contributed by atoms with Gasteiger partial charge in [-0.3, -0.25) is 4.99 Å². The third kappa shape index (κ3) is 3.06. The number of rotatable bonds is 2. The number of aromatic hydroxyl groups is 2. The Morgan fingerprint density at radius 3 is 2.32 bits per heavy atom. The Labute approximate surface area is 116 Å². The molecule has 3 nitrogen and oxygen atoms in total. The molecule has 0 saturated heterocycles. The molecule has 0 amide bonds. The number of hydrogen-bond donors (Lipinski definition) is 2. The van der Waals surface area contributed by atoms with Gasteiger partial charge >= 0.3 is 0 Å². The van der Waals surface area contributed by atoms with E-state index in [1.165, 1.54) is 6.07 Å². The van der Waals surface area contributed by atoms with Crippen LogP contribution in [0.25, 0.3) is 0 Å². The molecule has 2 N–H and O–H groups in total. The fourth-order valence-electron chi connectivity index (χ4n) is 1.90. The van der Waals surface area contributed by atoms with E-state index in [0.717, 1.165) is 16.8 Å². The van der Waals surface area contributed by atoms with E-state index in [4.69, 9.17) is 11.6 Å². The van der Waals surface area contributed by atoms with Crippen LogP contribution in [0.5, 0.6) is 11.5 Å². The molecule has 0 aliphatic carbocycles. The molecule has 0 radical (unpaired) electrons. The van der Waals surface area contributed by atoms with Crippen LogP contribution in [-0.4, -0.2) is 16.4 Å². The van der Waals surface area contributed by atoms with Gasteiger partial charge in [0.15, 0.2) is 0 Å². The molecule has 0 atom stereocenters. The molecule has 2 aromatic carbocycles. The van der Waals surface area contributed by atoms with Crippen molar-refractivity contribution in [1.82, 2.24) is 0 Å². The summed E-state index contributed by atoms with van der Waals surface area (Å²) in [7, 11) is 0. The van der Waals surface area contributed by atoms with Crippen LogP contribution in [0.4, 0.5) is 5.69 Å². The van der Waals surface area contributed by atoms with Crippen molar-refractivity contribution in [1.29, 1.82) is 0 Å². The molecule has 2 rings (SSSR count). The topological polar surface area (TPSA) is 52.8 Å². The normalized spacial score (nSPS) is 11.1. The van der Waals surface area contributed by atoms with Crippen molar-refractivity contribution in [3.8, 4) is 11.5 Å². The predicted octanol–water partition coefficient (Wildman–Crippen LogP) is 4.12. The number of aryl methyl sites for hydroxylation is 2. The van der Waals surface area contributed by atoms with E-state index in [1.807, 2.05) is 13.8 Å². The Morgan fingerprint density at radius 1 is 1.05 bits per heavy atom. The molecule has 0 bridgehead atoms. The Bertz CT molecular complexity index is 628. The van der Waals surface area contributed by atoms with Crippen molar-refractivity contribution in [3.05, 3.63) is 52.0 Å². The van der Waals surface area contributed by atoms with E-state index in [1.54, 1.807) is 30.5 Å². The number of hydrogen-bond acceptors (Lipinski definition) is 3. The number of halogens is 1. The molecule has 0 aliphatic rings. The minimum Gasteiger partial charge on any atom is -0.508 e. The molecule has 0 fully saturated rings. The Hall–Kier alpha value is -2.00. The third-order valence-electron chi connectivity index (χ3n) is 2.80. The van der Waals surface area contributed by atoms with Crippen molar-refractivity contribution in [2.45, 2.75) is 13.8 Å². The Balaban J connectivity index is 2.41. The van der Waals surface area contributed by atoms with Gasteiger partial charge in [-0.05, 0) is 55.3 Å². The van der Waals surface area contributed by atoms with Gasteiger partial charge < -0.3 is 10.2 Å². The predicted molar refractivity (Wildman–Crippen MR) is 78.0 cm³/mol. The second kappa shape index (κ2) is 5.33. The molecule has 0 heterocycles. The van der Waals surface area contributed by atoms with Crippen molar-refractivity contribution in [2.75, 3.05) is 0 Å². The van der Waals surface area contributed by atoms with E-state index in [9.17, 15) is 10.2 Å². The van der Waals surface area contributed by atoms with Gasteiger partial charge in [-0.25, -0.2) is 0 Å². The summed E-state index contributed by atoms with van der Waals surface area (Å²) in [5, 5.41) is 19.7. The fourth-order valence-corrected chi connectivity index (χ4v) is 2.08. The highest BCUT2D eigenvalue weighted by Gasteiger charge is 2.04. The molecule has 0 spiro atoms. The molecular formula is C15H14ClNO2. The van der Waals surface area contributed by atoms with Crippen LogP contribution in [0.1, 0.15) is 16.7 Å². The van der Waals surface area contributed by atoms with Crippen LogP contribution in [-0.2, 0) is 0 Å². The standard InChI is InChI=1S/C15H14ClNO2/c1-9-5-13(18)6-10(2)15(9)17-8-11-7-12(16)3-4-14(11)19/h3-8,18-19H,1-2H3. The SMILES string of the molecule is Cc1cc(O)cc(C)c1N=Cc1cc(Cl)ccc1O. The van der Waals surface area contributed by atoms with Gasteiger partial charge in [0, 0.05) is 16.8 Å². The van der Waals surface area contributed by atoms with Crippen molar-refractivity contribution in [2.24, 2.45) is 4.99 Å². The van der Waals surface area contributed by atoms with Crippen LogP contribution in [0.15, 0.2) is 35.3 Å². The van der Waals surface area contributed by atoms with Crippen molar-refractivity contribution < 1.29 is 10.2 Å². The van der Waals surface area contributed by atoms with Gasteiger partial charge in [-0.15, -0.1) is 0 Å². The molecule has 0 unspecified atom stereocenters. The minimum atomic E-state index is 0.127. The summed E-state index contributed by atoms with van der Waals surface area (Å²) < 4.78 is 0. The molecule has 0 saturated carbocycles. The lowest BCUT2D eigenvalue weighted by molar-refractivity contribution is 0.473. The van der Waals surface area contributed by atoms with Gasteiger partial charge in [0.25, 0.3) is 0 Å². The zero-order chi connectivity index (χ0) is 14.0. The van der Waals surface area contributed by atoms with E-state index in [0.29, 0.717) is 10.6 Å². The number of aliphatic imine (C=N–C) groups is 1. The summed E-state index contributed by atoms with van der Waals surface area (Å²) in [6.45, 7) is 3.74. The third-order valence-corrected chi connectivity index (χ3v) is 3.03. The van der Waals surface area contributed by atoms with E-state index in [-0.39, 0.29) is 11.5 Å². The highest BCUT2D eigenvalue weighted by molar-refractivity contribution is 6.30. The van der Waals surface area contributed by atoms with Gasteiger partial charge in [0.1, 0.15) is 11.5 Å². The summed E-state index contributed by atoms with van der Waals surface area (Å²) in [4.78, 5) is 4.36. The van der Waals surface area contributed by atoms with Gasteiger partial charge in [0.2, 0.25) is 0 Å². The first-order chi connectivity index (χ1) is 8.97. The zero-order valence-corrected chi connectivity index (χ0v) is 11.4. The lowest BCUT2D eigenvalue weighted by atomic mass is 10.1. The summed E-state index contributed by atoms with van der Waals surface area (Å²) in [5.41, 5.74) is 3.07. The van der Waals surface area contributed by atoms with Crippen molar-refractivity contribution in [3.63, 3.8) is 0 Å². The lowest BCUT2D eigenvalue weighted by Gasteiger charge is -2.06. The molecule has 4 heteroatoms. The smallest absolute Gasteiger partial charge is 0.124 e. The Kier molecular flexibility index (Phi) is 3.76. The second-order valence-corrected chi connectivity index (χ2v) is 4.83. The van der Waals surface area contributed by atoms with Crippen LogP contribution >= 0.6 is 11.6 Å². The second-order valence-electron chi connectivity index (χ2n) is 4.39. The first kappa shape index (κ1) is 13.4. The van der Waals surface area contributed by atoms with Crippen LogP contribution in [0, 0.1) is 13.8 Å². The minimum absolute atomic E-state index is 0.127. The summed E-state index contributed by atoms with van der Waals surface area (Å²) >= 11 is 5.88. The number of nitrogens with zero attached hydrogens (tertiary/aromatic N) is 1. The maximum Gasteiger partial charge on any atom is 0.124 e. The summed E-state index contributed by atoms with van der Waals surface area (Å²) in [6, 6.07) is 8.09. The molecular weight excluding hydrogens is 262 g/mol. The Morgan fingerprint density at radius 2 is 1.68 bits per heavy atom. The fraction of sp³-hybridized carbons (Fsp3) is 0.133. The van der Waals surface area contributed by atoms with E-state index in [2.05, 4.69) is 4.99 Å². The highest BCUT2D eigenvalue weighted by Crippen LogP contribution is 2.28. The number of benzene rings is 2. The van der Waals surface area contributed by atoms with E-state index >= 15 is 0 Å². The first-order valence-electron chi connectivity index (χ1n) is 5.80. The molecule has 0 aliphatic heterocycles. The molecule has 19 heavy (non-hydrogen) atoms. The van der Waals surface area contributed by atoms with Crippen LogP contribution < -0.4 is 0 Å². The average Bonchev–Trinajstić information content (AvgIpc) is 2.32. The molecule has 0 aromatic heterocycles. The molecule has 2 aromatic rings. The summed E-state index contributed by atoms with van der Waals surface area (Å²) in [5.74, 6) is 0.349. The largest absolute Gasteiger partial charge is 0.508 e. The van der Waals surface area contributed by atoms with Crippen molar-refractivity contribution >= 4 is 23.5 Å². The quantitative estimate of drug-likeness (QED) is 0.810. The monoisotopic (exact) mass is 275 g/mol. The number of phenols is 2. The average molecular weight is 276 g/mol. The van der Waals surface area contributed by atoms with Crippen LogP contribution in [0.2, 0.25) is 5.02 Å². The van der Waals surface area contributed by atoms with E-state index < -0.39 is 0 Å². The molecule has 98 valence electrons. The summed E-state index contributed by atoms with van der Waals surface area (Å²) in [6.07, 6.45) is 1.56. The first-order valence-corrected chi connectivity index (χ1v) is 6.18. The maximum absolute atomic E-state index is 9.71. The van der Waals surface area contributed by atoms with Crippen LogP contribution in [0.3, 0.4) is 0 Å². The highest BCUT2D eigenvalue weighted by atomic mass is 35.5.